The SMILES string of the molecule is CC(=O)Nc1ccccc1Oc1cc(N)ccc1C(=O)O. The Kier molecular flexibility index (Phi) is 4.08. The molecule has 2 rings (SSSR count). The first-order valence-corrected chi connectivity index (χ1v) is 6.14. The first-order chi connectivity index (χ1) is 9.97. The molecule has 6 nitrogen and oxygen atoms in total. The molecular weight excluding hydrogens is 272 g/mol. The van der Waals surface area contributed by atoms with Crippen molar-refractivity contribution < 1.29 is 19.4 Å². The van der Waals surface area contributed by atoms with E-state index in [9.17, 15) is 9.59 Å². The van der Waals surface area contributed by atoms with Gasteiger partial charge in [0.05, 0.1) is 5.69 Å². The van der Waals surface area contributed by atoms with E-state index in [0.717, 1.165) is 0 Å². The summed E-state index contributed by atoms with van der Waals surface area (Å²) in [6.45, 7) is 1.37. The summed E-state index contributed by atoms with van der Waals surface area (Å²) < 4.78 is 5.61. The van der Waals surface area contributed by atoms with Gasteiger partial charge in [-0.3, -0.25) is 4.79 Å². The lowest BCUT2D eigenvalue weighted by atomic mass is 10.2. The molecule has 0 fully saturated rings. The third-order valence-electron chi connectivity index (χ3n) is 2.65. The Morgan fingerprint density at radius 1 is 1.14 bits per heavy atom. The van der Waals surface area contributed by atoms with E-state index >= 15 is 0 Å². The molecule has 0 saturated heterocycles. The van der Waals surface area contributed by atoms with Crippen LogP contribution in [-0.4, -0.2) is 17.0 Å². The number of nitrogens with two attached hydrogens (primary N) is 1. The number of carbonyl (C=O) groups excluding carboxylic acids is 1. The summed E-state index contributed by atoms with van der Waals surface area (Å²) in [6.07, 6.45) is 0. The molecule has 2 aromatic carbocycles. The van der Waals surface area contributed by atoms with Crippen LogP contribution in [0.5, 0.6) is 11.5 Å². The Balaban J connectivity index is 2.40. The molecule has 0 heterocycles. The van der Waals surface area contributed by atoms with Crippen LogP contribution in [0, 0.1) is 0 Å². The van der Waals surface area contributed by atoms with Crippen molar-refractivity contribution in [2.45, 2.75) is 6.92 Å². The second kappa shape index (κ2) is 5.96. The van der Waals surface area contributed by atoms with Crippen LogP contribution in [-0.2, 0) is 4.79 Å². The molecule has 0 radical (unpaired) electrons. The van der Waals surface area contributed by atoms with Crippen molar-refractivity contribution in [3.63, 3.8) is 0 Å². The zero-order chi connectivity index (χ0) is 15.4. The van der Waals surface area contributed by atoms with Gasteiger partial charge in [-0.15, -0.1) is 0 Å². The van der Waals surface area contributed by atoms with Crippen molar-refractivity contribution in [2.75, 3.05) is 11.1 Å². The number of anilines is 2. The van der Waals surface area contributed by atoms with Gasteiger partial charge in [0.2, 0.25) is 5.91 Å². The number of nitrogen functional groups attached to an aromatic ring is 1. The van der Waals surface area contributed by atoms with Crippen molar-refractivity contribution in [2.24, 2.45) is 0 Å². The van der Waals surface area contributed by atoms with E-state index in [2.05, 4.69) is 5.32 Å². The van der Waals surface area contributed by atoms with E-state index in [1.807, 2.05) is 0 Å². The van der Waals surface area contributed by atoms with Crippen LogP contribution in [0.4, 0.5) is 11.4 Å². The quantitative estimate of drug-likeness (QED) is 0.750. The number of aromatic carboxylic acids is 1. The standard InChI is InChI=1S/C15H14N2O4/c1-9(18)17-12-4-2-3-5-13(12)21-14-8-10(16)6-7-11(14)15(19)20/h2-8H,16H2,1H3,(H,17,18)(H,19,20). The molecule has 0 aromatic heterocycles. The molecule has 0 unspecified atom stereocenters. The Morgan fingerprint density at radius 3 is 2.52 bits per heavy atom. The number of carbonyl (C=O) groups is 2. The molecule has 2 aromatic rings. The minimum Gasteiger partial charge on any atom is -0.478 e. The van der Waals surface area contributed by atoms with Gasteiger partial charge >= 0.3 is 5.97 Å². The van der Waals surface area contributed by atoms with Crippen LogP contribution in [0.1, 0.15) is 17.3 Å². The third-order valence-corrected chi connectivity index (χ3v) is 2.65. The molecule has 0 saturated carbocycles. The highest BCUT2D eigenvalue weighted by Crippen LogP contribution is 2.32. The van der Waals surface area contributed by atoms with E-state index in [1.54, 1.807) is 24.3 Å². The minimum absolute atomic E-state index is 0.0122. The van der Waals surface area contributed by atoms with Crippen LogP contribution in [0.3, 0.4) is 0 Å². The van der Waals surface area contributed by atoms with Gasteiger partial charge in [-0.05, 0) is 24.3 Å². The number of para-hydroxylation sites is 2. The number of hydrogen-bond donors (Lipinski definition) is 3. The largest absolute Gasteiger partial charge is 0.478 e. The van der Waals surface area contributed by atoms with Gasteiger partial charge in [0.25, 0.3) is 0 Å². The zero-order valence-electron chi connectivity index (χ0n) is 11.3. The molecule has 0 aliphatic heterocycles. The van der Waals surface area contributed by atoms with Gasteiger partial charge in [0, 0.05) is 18.7 Å². The number of benzene rings is 2. The van der Waals surface area contributed by atoms with Crippen LogP contribution in [0.25, 0.3) is 0 Å². The van der Waals surface area contributed by atoms with Gasteiger partial charge < -0.3 is 20.9 Å². The minimum atomic E-state index is -1.12. The fourth-order valence-electron chi connectivity index (χ4n) is 1.77. The summed E-state index contributed by atoms with van der Waals surface area (Å²) in [5, 5.41) is 11.8. The number of amides is 1. The zero-order valence-corrected chi connectivity index (χ0v) is 11.3. The smallest absolute Gasteiger partial charge is 0.339 e. The second-order valence-electron chi connectivity index (χ2n) is 4.34. The number of rotatable bonds is 4. The summed E-state index contributed by atoms with van der Waals surface area (Å²) in [5.41, 5.74) is 6.47. The van der Waals surface area contributed by atoms with Crippen LogP contribution < -0.4 is 15.8 Å². The maximum absolute atomic E-state index is 11.2. The van der Waals surface area contributed by atoms with E-state index < -0.39 is 5.97 Å². The first kappa shape index (κ1) is 14.4. The van der Waals surface area contributed by atoms with Crippen molar-refractivity contribution in [3.8, 4) is 11.5 Å². The molecular formula is C15H14N2O4. The van der Waals surface area contributed by atoms with E-state index in [-0.39, 0.29) is 17.2 Å². The number of hydrogen-bond acceptors (Lipinski definition) is 4. The summed E-state index contributed by atoms with van der Waals surface area (Å²) in [4.78, 5) is 22.4. The summed E-state index contributed by atoms with van der Waals surface area (Å²) in [7, 11) is 0. The van der Waals surface area contributed by atoms with Crippen LogP contribution >= 0.6 is 0 Å². The monoisotopic (exact) mass is 286 g/mol. The predicted molar refractivity (Wildman–Crippen MR) is 78.6 cm³/mol. The highest BCUT2D eigenvalue weighted by Gasteiger charge is 2.14. The number of nitrogens with one attached hydrogen (secondary N) is 1. The molecule has 0 aliphatic carbocycles. The van der Waals surface area contributed by atoms with Gasteiger partial charge in [-0.1, -0.05) is 12.1 Å². The highest BCUT2D eigenvalue weighted by atomic mass is 16.5. The van der Waals surface area contributed by atoms with Crippen molar-refractivity contribution in [3.05, 3.63) is 48.0 Å². The fourth-order valence-corrected chi connectivity index (χ4v) is 1.77. The summed E-state index contributed by atoms with van der Waals surface area (Å²) in [5.74, 6) is -0.930. The van der Waals surface area contributed by atoms with Gasteiger partial charge in [0.15, 0.2) is 5.75 Å². The molecule has 21 heavy (non-hydrogen) atoms. The topological polar surface area (TPSA) is 102 Å². The van der Waals surface area contributed by atoms with E-state index in [0.29, 0.717) is 17.1 Å². The fraction of sp³-hybridized carbons (Fsp3) is 0.0667. The van der Waals surface area contributed by atoms with Crippen LogP contribution in [0.15, 0.2) is 42.5 Å². The summed E-state index contributed by atoms with van der Waals surface area (Å²) in [6, 6.07) is 11.0. The molecule has 108 valence electrons. The second-order valence-corrected chi connectivity index (χ2v) is 4.34. The first-order valence-electron chi connectivity index (χ1n) is 6.14. The van der Waals surface area contributed by atoms with Crippen molar-refractivity contribution in [1.29, 1.82) is 0 Å². The Labute approximate surface area is 121 Å². The summed E-state index contributed by atoms with van der Waals surface area (Å²) >= 11 is 0. The average molecular weight is 286 g/mol. The lowest BCUT2D eigenvalue weighted by Crippen LogP contribution is -2.07. The maximum Gasteiger partial charge on any atom is 0.339 e. The molecule has 6 heteroatoms. The Morgan fingerprint density at radius 2 is 1.86 bits per heavy atom. The van der Waals surface area contributed by atoms with E-state index in [1.165, 1.54) is 25.1 Å². The number of carboxylic acids is 1. The number of ether oxygens (including phenoxy) is 1. The van der Waals surface area contributed by atoms with Crippen LogP contribution in [0.2, 0.25) is 0 Å². The Bertz CT molecular complexity index is 698. The molecule has 0 bridgehead atoms. The molecule has 0 spiro atoms. The van der Waals surface area contributed by atoms with Gasteiger partial charge in [-0.2, -0.15) is 0 Å². The maximum atomic E-state index is 11.2. The normalized spacial score (nSPS) is 9.95. The van der Waals surface area contributed by atoms with Gasteiger partial charge in [-0.25, -0.2) is 4.79 Å². The van der Waals surface area contributed by atoms with Crippen molar-refractivity contribution >= 4 is 23.3 Å². The molecule has 4 N–H and O–H groups in total. The lowest BCUT2D eigenvalue weighted by Gasteiger charge is -2.13. The predicted octanol–water partition coefficient (Wildman–Crippen LogP) is 2.72. The molecule has 1 amide bonds. The average Bonchev–Trinajstić information content (AvgIpc) is 2.40. The van der Waals surface area contributed by atoms with E-state index in [4.69, 9.17) is 15.6 Å². The van der Waals surface area contributed by atoms with Gasteiger partial charge in [0.1, 0.15) is 11.3 Å². The lowest BCUT2D eigenvalue weighted by molar-refractivity contribution is -0.114. The molecule has 0 aliphatic rings. The highest BCUT2D eigenvalue weighted by molar-refractivity contribution is 5.92. The third kappa shape index (κ3) is 3.50. The van der Waals surface area contributed by atoms with Crippen molar-refractivity contribution in [1.82, 2.24) is 0 Å². The molecule has 0 atom stereocenters. The Hall–Kier alpha value is -3.02. The number of carboxylic acid groups (broad SMARTS) is 1.